The zero-order valence-corrected chi connectivity index (χ0v) is 12.8. The lowest BCUT2D eigenvalue weighted by Crippen LogP contribution is -1.99. The van der Waals surface area contributed by atoms with E-state index in [1.165, 1.54) is 11.1 Å². The Morgan fingerprint density at radius 3 is 2.50 bits per heavy atom. The van der Waals surface area contributed by atoms with Crippen molar-refractivity contribution in [1.82, 2.24) is 4.57 Å². The minimum absolute atomic E-state index is 0.167. The first kappa shape index (κ1) is 14.4. The van der Waals surface area contributed by atoms with Gasteiger partial charge < -0.3 is 9.67 Å². The molecule has 0 bridgehead atoms. The summed E-state index contributed by atoms with van der Waals surface area (Å²) in [6.45, 7) is 2.05. The molecular formula is C19H19NO2. The van der Waals surface area contributed by atoms with Crippen molar-refractivity contribution in [1.29, 1.82) is 0 Å². The number of aliphatic carboxylic acids is 1. The molecule has 3 heteroatoms. The largest absolute Gasteiger partial charge is 0.481 e. The van der Waals surface area contributed by atoms with E-state index in [2.05, 4.69) is 41.8 Å². The number of aromatic nitrogens is 1. The molecule has 3 rings (SSSR count). The quantitative estimate of drug-likeness (QED) is 0.784. The van der Waals surface area contributed by atoms with Gasteiger partial charge in [0, 0.05) is 30.1 Å². The number of rotatable bonds is 4. The molecule has 1 aromatic heterocycles. The topological polar surface area (TPSA) is 42.2 Å². The van der Waals surface area contributed by atoms with Crippen LogP contribution >= 0.6 is 0 Å². The van der Waals surface area contributed by atoms with E-state index in [1.807, 2.05) is 25.2 Å². The molecule has 1 heterocycles. The Morgan fingerprint density at radius 1 is 1.09 bits per heavy atom. The molecule has 3 aromatic rings. The van der Waals surface area contributed by atoms with E-state index in [4.69, 9.17) is 5.11 Å². The highest BCUT2D eigenvalue weighted by Gasteiger charge is 2.13. The fraction of sp³-hybridized carbons (Fsp3) is 0.211. The Bertz CT molecular complexity index is 832. The van der Waals surface area contributed by atoms with Crippen molar-refractivity contribution in [3.63, 3.8) is 0 Å². The van der Waals surface area contributed by atoms with Crippen LogP contribution in [-0.2, 0) is 18.3 Å². The lowest BCUT2D eigenvalue weighted by molar-refractivity contribution is -0.136. The Labute approximate surface area is 129 Å². The van der Waals surface area contributed by atoms with Gasteiger partial charge in [0.2, 0.25) is 0 Å². The highest BCUT2D eigenvalue weighted by atomic mass is 16.4. The molecule has 2 aromatic carbocycles. The van der Waals surface area contributed by atoms with E-state index < -0.39 is 5.97 Å². The number of aryl methyl sites for hydroxylation is 2. The van der Waals surface area contributed by atoms with Crippen LogP contribution in [0.3, 0.4) is 0 Å². The smallest absolute Gasteiger partial charge is 0.303 e. The van der Waals surface area contributed by atoms with E-state index in [0.717, 1.165) is 22.2 Å². The van der Waals surface area contributed by atoms with Gasteiger partial charge in [0.05, 0.1) is 0 Å². The number of hydrogen-bond donors (Lipinski definition) is 1. The number of hydrogen-bond acceptors (Lipinski definition) is 1. The number of carbonyl (C=O) groups is 1. The predicted octanol–water partition coefficient (Wildman–Crippen LogP) is 4.17. The molecule has 0 aliphatic heterocycles. The molecule has 0 radical (unpaired) electrons. The van der Waals surface area contributed by atoms with E-state index >= 15 is 0 Å². The van der Waals surface area contributed by atoms with E-state index in [9.17, 15) is 4.79 Å². The van der Waals surface area contributed by atoms with E-state index in [0.29, 0.717) is 6.42 Å². The van der Waals surface area contributed by atoms with Gasteiger partial charge in [-0.2, -0.15) is 0 Å². The van der Waals surface area contributed by atoms with Gasteiger partial charge in [-0.3, -0.25) is 4.79 Å². The fourth-order valence-electron chi connectivity index (χ4n) is 3.00. The monoisotopic (exact) mass is 293 g/mol. The molecule has 0 unspecified atom stereocenters. The van der Waals surface area contributed by atoms with Crippen LogP contribution in [-0.4, -0.2) is 15.6 Å². The molecule has 3 nitrogen and oxygen atoms in total. The van der Waals surface area contributed by atoms with Gasteiger partial charge in [0.25, 0.3) is 0 Å². The molecule has 0 saturated heterocycles. The van der Waals surface area contributed by atoms with Crippen molar-refractivity contribution in [2.45, 2.75) is 19.8 Å². The fourth-order valence-corrected chi connectivity index (χ4v) is 3.00. The van der Waals surface area contributed by atoms with Gasteiger partial charge in [-0.1, -0.05) is 42.5 Å². The van der Waals surface area contributed by atoms with Gasteiger partial charge >= 0.3 is 5.97 Å². The minimum Gasteiger partial charge on any atom is -0.481 e. The second kappa shape index (κ2) is 5.68. The van der Waals surface area contributed by atoms with Crippen LogP contribution < -0.4 is 0 Å². The van der Waals surface area contributed by atoms with Gasteiger partial charge in [-0.15, -0.1) is 0 Å². The van der Waals surface area contributed by atoms with Crippen LogP contribution in [0.5, 0.6) is 0 Å². The molecule has 0 saturated carbocycles. The van der Waals surface area contributed by atoms with Gasteiger partial charge in [-0.25, -0.2) is 0 Å². The van der Waals surface area contributed by atoms with Gasteiger partial charge in [0.15, 0.2) is 0 Å². The second-order valence-electron chi connectivity index (χ2n) is 5.61. The van der Waals surface area contributed by atoms with Crippen LogP contribution in [0.4, 0.5) is 0 Å². The second-order valence-corrected chi connectivity index (χ2v) is 5.61. The summed E-state index contributed by atoms with van der Waals surface area (Å²) in [7, 11) is 2.04. The third-order valence-corrected chi connectivity index (χ3v) is 4.32. The number of fused-ring (bicyclic) bond motifs is 1. The maximum atomic E-state index is 10.9. The summed E-state index contributed by atoms with van der Waals surface area (Å²) in [4.78, 5) is 10.9. The summed E-state index contributed by atoms with van der Waals surface area (Å²) in [6, 6.07) is 16.7. The van der Waals surface area contributed by atoms with Crippen LogP contribution in [0.1, 0.15) is 17.7 Å². The van der Waals surface area contributed by atoms with Crippen LogP contribution in [0.15, 0.2) is 48.5 Å². The molecule has 0 amide bonds. The summed E-state index contributed by atoms with van der Waals surface area (Å²) in [5, 5.41) is 10.1. The highest BCUT2D eigenvalue weighted by molar-refractivity contribution is 5.89. The molecule has 0 aliphatic rings. The number of carboxylic acid groups (broad SMARTS) is 1. The van der Waals surface area contributed by atoms with Crippen molar-refractivity contribution in [2.24, 2.45) is 7.05 Å². The van der Waals surface area contributed by atoms with Crippen molar-refractivity contribution >= 4 is 16.9 Å². The third kappa shape index (κ3) is 2.50. The molecule has 0 fully saturated rings. The standard InChI is InChI=1S/C19H19NO2/c1-13-16(10-11-19(21)22)17-9-8-15(12-18(17)20(13)2)14-6-4-3-5-7-14/h3-9,12H,10-11H2,1-2H3,(H,21,22). The molecule has 0 atom stereocenters. The van der Waals surface area contributed by atoms with E-state index in [-0.39, 0.29) is 6.42 Å². The van der Waals surface area contributed by atoms with Crippen LogP contribution in [0, 0.1) is 6.92 Å². The maximum absolute atomic E-state index is 10.9. The van der Waals surface area contributed by atoms with Crippen molar-refractivity contribution in [3.8, 4) is 11.1 Å². The lowest BCUT2D eigenvalue weighted by atomic mass is 10.0. The van der Waals surface area contributed by atoms with Crippen LogP contribution in [0.2, 0.25) is 0 Å². The van der Waals surface area contributed by atoms with Crippen molar-refractivity contribution < 1.29 is 9.90 Å². The first-order valence-corrected chi connectivity index (χ1v) is 7.43. The average molecular weight is 293 g/mol. The Hall–Kier alpha value is -2.55. The SMILES string of the molecule is Cc1c(CCC(=O)O)c2ccc(-c3ccccc3)cc2n1C. The van der Waals surface area contributed by atoms with Crippen molar-refractivity contribution in [3.05, 3.63) is 59.8 Å². The Balaban J connectivity index is 2.10. The zero-order chi connectivity index (χ0) is 15.7. The highest BCUT2D eigenvalue weighted by Crippen LogP contribution is 2.30. The normalized spacial score (nSPS) is 11.0. The number of nitrogens with zero attached hydrogens (tertiary/aromatic N) is 1. The first-order valence-electron chi connectivity index (χ1n) is 7.43. The maximum Gasteiger partial charge on any atom is 0.303 e. The molecule has 112 valence electrons. The van der Waals surface area contributed by atoms with E-state index in [1.54, 1.807) is 0 Å². The summed E-state index contributed by atoms with van der Waals surface area (Å²) in [5.41, 5.74) is 5.80. The molecule has 22 heavy (non-hydrogen) atoms. The first-order chi connectivity index (χ1) is 10.6. The third-order valence-electron chi connectivity index (χ3n) is 4.32. The van der Waals surface area contributed by atoms with Crippen molar-refractivity contribution in [2.75, 3.05) is 0 Å². The molecule has 0 aliphatic carbocycles. The summed E-state index contributed by atoms with van der Waals surface area (Å²) < 4.78 is 2.15. The minimum atomic E-state index is -0.752. The van der Waals surface area contributed by atoms with Crippen LogP contribution in [0.25, 0.3) is 22.0 Å². The number of carboxylic acids is 1. The summed E-state index contributed by atoms with van der Waals surface area (Å²) >= 11 is 0. The Kier molecular flexibility index (Phi) is 3.72. The number of benzene rings is 2. The zero-order valence-electron chi connectivity index (χ0n) is 12.8. The Morgan fingerprint density at radius 2 is 1.82 bits per heavy atom. The lowest BCUT2D eigenvalue weighted by Gasteiger charge is -2.04. The van der Waals surface area contributed by atoms with Gasteiger partial charge in [0.1, 0.15) is 0 Å². The average Bonchev–Trinajstić information content (AvgIpc) is 2.77. The molecule has 0 spiro atoms. The molecule has 1 N–H and O–H groups in total. The predicted molar refractivity (Wildman–Crippen MR) is 89.0 cm³/mol. The van der Waals surface area contributed by atoms with Gasteiger partial charge in [-0.05, 0) is 36.1 Å². The summed E-state index contributed by atoms with van der Waals surface area (Å²) in [6.07, 6.45) is 0.740. The summed E-state index contributed by atoms with van der Waals surface area (Å²) in [5.74, 6) is -0.752. The molecular weight excluding hydrogens is 274 g/mol.